The normalized spacial score (nSPS) is 19.6. The molecule has 2 aromatic rings. The Labute approximate surface area is 155 Å². The summed E-state index contributed by atoms with van der Waals surface area (Å²) in [5.41, 5.74) is 0.981. The molecule has 2 unspecified atom stereocenters. The van der Waals surface area contributed by atoms with Gasteiger partial charge in [-0.1, -0.05) is 0 Å². The van der Waals surface area contributed by atoms with Crippen LogP contribution in [0.1, 0.15) is 45.3 Å². The molecular formula is C19H20N2O6. The van der Waals surface area contributed by atoms with Crippen LogP contribution in [0.2, 0.25) is 0 Å². The second-order valence-electron chi connectivity index (χ2n) is 6.47. The lowest BCUT2D eigenvalue weighted by atomic mass is 10.1. The van der Waals surface area contributed by atoms with Crippen molar-refractivity contribution in [2.24, 2.45) is 0 Å². The Balaban J connectivity index is 1.65. The van der Waals surface area contributed by atoms with Crippen molar-refractivity contribution in [2.75, 3.05) is 18.4 Å². The number of carbonyl (C=O) groups is 3. The van der Waals surface area contributed by atoms with Gasteiger partial charge in [-0.15, -0.1) is 0 Å². The van der Waals surface area contributed by atoms with Crippen molar-refractivity contribution in [2.45, 2.75) is 26.1 Å². The fourth-order valence-electron chi connectivity index (χ4n) is 2.99. The summed E-state index contributed by atoms with van der Waals surface area (Å²) < 4.78 is 10.6. The second-order valence-corrected chi connectivity index (χ2v) is 6.47. The molecule has 0 bridgehead atoms. The van der Waals surface area contributed by atoms with E-state index in [1.807, 2.05) is 13.8 Å². The van der Waals surface area contributed by atoms with Gasteiger partial charge in [-0.05, 0) is 50.2 Å². The molecule has 1 aliphatic heterocycles. The molecule has 2 heterocycles. The molecule has 2 N–H and O–H groups in total. The Morgan fingerprint density at radius 1 is 1.00 bits per heavy atom. The second kappa shape index (κ2) is 7.63. The molecule has 0 spiro atoms. The molecule has 1 aliphatic rings. The van der Waals surface area contributed by atoms with E-state index in [2.05, 4.69) is 5.32 Å². The van der Waals surface area contributed by atoms with Crippen LogP contribution in [0.5, 0.6) is 0 Å². The van der Waals surface area contributed by atoms with Gasteiger partial charge in [0.1, 0.15) is 0 Å². The number of carbonyl (C=O) groups excluding carboxylic acids is 2. The summed E-state index contributed by atoms with van der Waals surface area (Å²) in [4.78, 5) is 37.3. The van der Waals surface area contributed by atoms with E-state index in [0.717, 1.165) is 0 Å². The van der Waals surface area contributed by atoms with Crippen LogP contribution < -0.4 is 5.32 Å². The van der Waals surface area contributed by atoms with Gasteiger partial charge in [0.25, 0.3) is 11.8 Å². The van der Waals surface area contributed by atoms with Crippen molar-refractivity contribution >= 4 is 23.5 Å². The van der Waals surface area contributed by atoms with Gasteiger partial charge in [0.15, 0.2) is 5.76 Å². The van der Waals surface area contributed by atoms with Crippen molar-refractivity contribution in [3.05, 3.63) is 53.5 Å². The van der Waals surface area contributed by atoms with E-state index in [0.29, 0.717) is 24.3 Å². The molecule has 1 saturated heterocycles. The fourth-order valence-corrected chi connectivity index (χ4v) is 2.99. The van der Waals surface area contributed by atoms with Crippen LogP contribution in [0.15, 0.2) is 40.8 Å². The van der Waals surface area contributed by atoms with Gasteiger partial charge in [0.2, 0.25) is 5.76 Å². The average Bonchev–Trinajstić information content (AvgIpc) is 3.11. The Bertz CT molecular complexity index is 847. The predicted molar refractivity (Wildman–Crippen MR) is 96.0 cm³/mol. The van der Waals surface area contributed by atoms with Crippen LogP contribution in [0.4, 0.5) is 5.69 Å². The first-order valence-corrected chi connectivity index (χ1v) is 8.52. The van der Waals surface area contributed by atoms with Crippen LogP contribution in [-0.2, 0) is 4.74 Å². The van der Waals surface area contributed by atoms with Gasteiger partial charge in [-0.2, -0.15) is 0 Å². The number of benzene rings is 1. The molecule has 3 rings (SSSR count). The van der Waals surface area contributed by atoms with Gasteiger partial charge in [0, 0.05) is 24.3 Å². The minimum Gasteiger partial charge on any atom is -0.475 e. The number of amides is 2. The molecular weight excluding hydrogens is 352 g/mol. The van der Waals surface area contributed by atoms with Crippen LogP contribution in [0, 0.1) is 0 Å². The number of aromatic carboxylic acids is 1. The number of ether oxygens (including phenoxy) is 1. The van der Waals surface area contributed by atoms with Crippen molar-refractivity contribution in [3.63, 3.8) is 0 Å². The third kappa shape index (κ3) is 4.35. The van der Waals surface area contributed by atoms with Gasteiger partial charge < -0.3 is 24.5 Å². The van der Waals surface area contributed by atoms with Gasteiger partial charge in [0.05, 0.1) is 12.2 Å². The summed E-state index contributed by atoms with van der Waals surface area (Å²) in [5.74, 6) is -2.33. The van der Waals surface area contributed by atoms with E-state index in [1.54, 1.807) is 29.2 Å². The summed E-state index contributed by atoms with van der Waals surface area (Å²) in [6, 6.07) is 8.99. The monoisotopic (exact) mass is 372 g/mol. The van der Waals surface area contributed by atoms with Gasteiger partial charge in [-0.3, -0.25) is 9.59 Å². The minimum atomic E-state index is -1.25. The summed E-state index contributed by atoms with van der Waals surface area (Å²) in [6.07, 6.45) is -0.0273. The molecule has 2 atom stereocenters. The highest BCUT2D eigenvalue weighted by Crippen LogP contribution is 2.17. The number of nitrogens with one attached hydrogen (secondary N) is 1. The maximum absolute atomic E-state index is 12.6. The van der Waals surface area contributed by atoms with E-state index < -0.39 is 11.9 Å². The first-order valence-electron chi connectivity index (χ1n) is 8.52. The zero-order valence-electron chi connectivity index (χ0n) is 15.0. The highest BCUT2D eigenvalue weighted by atomic mass is 16.5. The molecule has 0 saturated carbocycles. The van der Waals surface area contributed by atoms with Crippen molar-refractivity contribution in [1.29, 1.82) is 0 Å². The van der Waals surface area contributed by atoms with Crippen LogP contribution in [0.25, 0.3) is 0 Å². The molecule has 0 aliphatic carbocycles. The average molecular weight is 372 g/mol. The SMILES string of the molecule is CC1CN(C(=O)c2ccc(NC(=O)c3ccc(C(=O)O)o3)cc2)CC(C)O1. The number of rotatable bonds is 4. The number of carboxylic acids is 1. The number of hydrogen-bond donors (Lipinski definition) is 2. The highest BCUT2D eigenvalue weighted by molar-refractivity contribution is 6.03. The topological polar surface area (TPSA) is 109 Å². The third-order valence-electron chi connectivity index (χ3n) is 4.14. The van der Waals surface area contributed by atoms with Gasteiger partial charge in [-0.25, -0.2) is 4.79 Å². The predicted octanol–water partition coefficient (Wildman–Crippen LogP) is 2.48. The molecule has 1 fully saturated rings. The number of morpholine rings is 1. The Morgan fingerprint density at radius 2 is 1.59 bits per heavy atom. The van der Waals surface area contributed by atoms with E-state index in [9.17, 15) is 14.4 Å². The quantitative estimate of drug-likeness (QED) is 0.853. The first-order chi connectivity index (χ1) is 12.8. The lowest BCUT2D eigenvalue weighted by Crippen LogP contribution is -2.48. The van der Waals surface area contributed by atoms with Crippen LogP contribution in [-0.4, -0.2) is 53.1 Å². The zero-order chi connectivity index (χ0) is 19.6. The van der Waals surface area contributed by atoms with E-state index in [-0.39, 0.29) is 29.6 Å². The molecule has 0 radical (unpaired) electrons. The van der Waals surface area contributed by atoms with Gasteiger partial charge >= 0.3 is 5.97 Å². The Morgan fingerprint density at radius 3 is 2.15 bits per heavy atom. The highest BCUT2D eigenvalue weighted by Gasteiger charge is 2.26. The maximum atomic E-state index is 12.6. The summed E-state index contributed by atoms with van der Waals surface area (Å²) in [5, 5.41) is 11.4. The number of anilines is 1. The number of furan rings is 1. The minimum absolute atomic E-state index is 0.0137. The largest absolute Gasteiger partial charge is 0.475 e. The van der Waals surface area contributed by atoms with Crippen LogP contribution >= 0.6 is 0 Å². The lowest BCUT2D eigenvalue weighted by Gasteiger charge is -2.35. The molecule has 1 aromatic carbocycles. The Kier molecular flexibility index (Phi) is 5.27. The molecule has 8 nitrogen and oxygen atoms in total. The number of hydrogen-bond acceptors (Lipinski definition) is 5. The molecule has 8 heteroatoms. The number of carboxylic acid groups (broad SMARTS) is 1. The molecule has 142 valence electrons. The molecule has 1 aromatic heterocycles. The summed E-state index contributed by atoms with van der Waals surface area (Å²) in [6.45, 7) is 4.93. The number of nitrogens with zero attached hydrogens (tertiary/aromatic N) is 1. The maximum Gasteiger partial charge on any atom is 0.371 e. The molecule has 2 amide bonds. The smallest absolute Gasteiger partial charge is 0.371 e. The first kappa shape index (κ1) is 18.7. The zero-order valence-corrected chi connectivity index (χ0v) is 15.0. The van der Waals surface area contributed by atoms with Crippen molar-refractivity contribution in [3.8, 4) is 0 Å². The van der Waals surface area contributed by atoms with E-state index in [4.69, 9.17) is 14.3 Å². The third-order valence-corrected chi connectivity index (χ3v) is 4.14. The summed E-state index contributed by atoms with van der Waals surface area (Å²) in [7, 11) is 0. The standard InChI is InChI=1S/C19H20N2O6/c1-11-9-21(10-12(2)26-11)18(23)13-3-5-14(6-4-13)20-17(22)15-7-8-16(27-15)19(24)25/h3-8,11-12H,9-10H2,1-2H3,(H,20,22)(H,24,25). The lowest BCUT2D eigenvalue weighted by molar-refractivity contribution is -0.0586. The van der Waals surface area contributed by atoms with Crippen molar-refractivity contribution in [1.82, 2.24) is 4.90 Å². The summed E-state index contributed by atoms with van der Waals surface area (Å²) >= 11 is 0. The molecule has 27 heavy (non-hydrogen) atoms. The Hall–Kier alpha value is -3.13. The fraction of sp³-hybridized carbons (Fsp3) is 0.316. The van der Waals surface area contributed by atoms with Crippen LogP contribution in [0.3, 0.4) is 0 Å². The van der Waals surface area contributed by atoms with Crippen molar-refractivity contribution < 1.29 is 28.6 Å². The van der Waals surface area contributed by atoms with E-state index >= 15 is 0 Å². The van der Waals surface area contributed by atoms with E-state index in [1.165, 1.54) is 12.1 Å².